The topological polar surface area (TPSA) is 69.7 Å². The summed E-state index contributed by atoms with van der Waals surface area (Å²) >= 11 is 0. The Kier molecular flexibility index (Phi) is 5.29. The zero-order chi connectivity index (χ0) is 17.9. The summed E-state index contributed by atoms with van der Waals surface area (Å²) in [6.07, 6.45) is 0. The number of esters is 1. The van der Waals surface area contributed by atoms with E-state index in [1.54, 1.807) is 18.2 Å². The molecule has 0 radical (unpaired) electrons. The molecule has 0 aliphatic heterocycles. The second-order valence-corrected chi connectivity index (χ2v) is 7.28. The maximum absolute atomic E-state index is 12.4. The first kappa shape index (κ1) is 18.0. The lowest BCUT2D eigenvalue weighted by Gasteiger charge is -2.13. The Morgan fingerprint density at radius 2 is 1.67 bits per heavy atom. The third-order valence-corrected chi connectivity index (χ3v) is 4.61. The zero-order valence-electron chi connectivity index (χ0n) is 14.1. The third kappa shape index (κ3) is 4.35. The lowest BCUT2D eigenvalue weighted by atomic mass is 10.1. The molecule has 0 unspecified atom stereocenters. The van der Waals surface area contributed by atoms with E-state index in [0.29, 0.717) is 16.9 Å². The van der Waals surface area contributed by atoms with Crippen LogP contribution < -0.4 is 4.18 Å². The molecule has 24 heavy (non-hydrogen) atoms. The van der Waals surface area contributed by atoms with Gasteiger partial charge in [-0.05, 0) is 49.6 Å². The standard InChI is InChI=1S/C18H20O5S/c1-12-8-13(2)17(14(3)9-12)23-24(20,21)11-15-6-5-7-16(10-15)18(19)22-4/h5-10H,11H2,1-4H3. The van der Waals surface area contributed by atoms with Gasteiger partial charge >= 0.3 is 16.1 Å². The number of rotatable bonds is 5. The molecule has 0 saturated heterocycles. The van der Waals surface area contributed by atoms with Gasteiger partial charge in [0.1, 0.15) is 11.5 Å². The number of hydrogen-bond donors (Lipinski definition) is 0. The fourth-order valence-corrected chi connectivity index (χ4v) is 3.73. The van der Waals surface area contributed by atoms with Gasteiger partial charge in [0.05, 0.1) is 12.7 Å². The monoisotopic (exact) mass is 348 g/mol. The molecule has 2 aromatic rings. The number of aryl methyl sites for hydroxylation is 3. The fraction of sp³-hybridized carbons (Fsp3) is 0.278. The second-order valence-electron chi connectivity index (χ2n) is 5.71. The average molecular weight is 348 g/mol. The predicted octanol–water partition coefficient (Wildman–Crippen LogP) is 3.31. The summed E-state index contributed by atoms with van der Waals surface area (Å²) in [6.45, 7) is 5.56. The number of ether oxygens (including phenoxy) is 1. The highest BCUT2D eigenvalue weighted by Crippen LogP contribution is 2.27. The molecule has 0 aliphatic carbocycles. The van der Waals surface area contributed by atoms with Crippen LogP contribution in [-0.2, 0) is 20.6 Å². The van der Waals surface area contributed by atoms with Gasteiger partial charge in [0.25, 0.3) is 0 Å². The molecule has 0 saturated carbocycles. The molecule has 6 heteroatoms. The Balaban J connectivity index is 2.25. The molecule has 5 nitrogen and oxygen atoms in total. The van der Waals surface area contributed by atoms with Crippen molar-refractivity contribution in [3.05, 3.63) is 64.2 Å². The van der Waals surface area contributed by atoms with E-state index in [9.17, 15) is 13.2 Å². The number of hydrogen-bond acceptors (Lipinski definition) is 5. The van der Waals surface area contributed by atoms with E-state index < -0.39 is 16.1 Å². The maximum atomic E-state index is 12.4. The van der Waals surface area contributed by atoms with Crippen LogP contribution in [-0.4, -0.2) is 21.5 Å². The van der Waals surface area contributed by atoms with Gasteiger partial charge in [-0.3, -0.25) is 0 Å². The highest BCUT2D eigenvalue weighted by atomic mass is 32.2. The molecule has 0 N–H and O–H groups in total. The fourth-order valence-electron chi connectivity index (χ4n) is 2.56. The predicted molar refractivity (Wildman–Crippen MR) is 91.7 cm³/mol. The van der Waals surface area contributed by atoms with Crippen LogP contribution in [0.2, 0.25) is 0 Å². The second kappa shape index (κ2) is 7.05. The van der Waals surface area contributed by atoms with Gasteiger partial charge in [0.15, 0.2) is 0 Å². The molecule has 2 aromatic carbocycles. The quantitative estimate of drug-likeness (QED) is 0.612. The van der Waals surface area contributed by atoms with Crippen LogP contribution in [0.1, 0.15) is 32.6 Å². The van der Waals surface area contributed by atoms with Gasteiger partial charge in [0, 0.05) is 0 Å². The molecular formula is C18H20O5S. The Hall–Kier alpha value is -2.34. The van der Waals surface area contributed by atoms with Crippen LogP contribution in [0, 0.1) is 20.8 Å². The van der Waals surface area contributed by atoms with Crippen molar-refractivity contribution >= 4 is 16.1 Å². The summed E-state index contributed by atoms with van der Waals surface area (Å²) in [4.78, 5) is 11.5. The van der Waals surface area contributed by atoms with Crippen LogP contribution in [0.15, 0.2) is 36.4 Å². The van der Waals surface area contributed by atoms with Crippen molar-refractivity contribution in [1.82, 2.24) is 0 Å². The lowest BCUT2D eigenvalue weighted by molar-refractivity contribution is 0.0600. The first-order chi connectivity index (χ1) is 11.2. The molecule has 0 heterocycles. The van der Waals surface area contributed by atoms with Crippen LogP contribution in [0.4, 0.5) is 0 Å². The number of carbonyl (C=O) groups is 1. The highest BCUT2D eigenvalue weighted by molar-refractivity contribution is 7.86. The molecule has 128 valence electrons. The normalized spacial score (nSPS) is 11.2. The van der Waals surface area contributed by atoms with Crippen molar-refractivity contribution < 1.29 is 22.1 Å². The summed E-state index contributed by atoms with van der Waals surface area (Å²) in [6, 6.07) is 10.0. The van der Waals surface area contributed by atoms with E-state index in [4.69, 9.17) is 4.18 Å². The minimum absolute atomic E-state index is 0.299. The van der Waals surface area contributed by atoms with Crippen molar-refractivity contribution in [3.8, 4) is 5.75 Å². The van der Waals surface area contributed by atoms with Crippen molar-refractivity contribution in [2.24, 2.45) is 0 Å². The van der Waals surface area contributed by atoms with Gasteiger partial charge in [-0.2, -0.15) is 8.42 Å². The number of methoxy groups -OCH3 is 1. The Bertz CT molecular complexity index is 846. The van der Waals surface area contributed by atoms with Crippen molar-refractivity contribution in [1.29, 1.82) is 0 Å². The summed E-state index contributed by atoms with van der Waals surface area (Å²) < 4.78 is 34.7. The number of benzene rings is 2. The Labute approximate surface area is 142 Å². The van der Waals surface area contributed by atoms with Crippen LogP contribution in [0.5, 0.6) is 5.75 Å². The molecule has 0 aromatic heterocycles. The van der Waals surface area contributed by atoms with Crippen molar-refractivity contribution in [3.63, 3.8) is 0 Å². The van der Waals surface area contributed by atoms with Gasteiger partial charge in [-0.1, -0.05) is 29.8 Å². The van der Waals surface area contributed by atoms with Crippen LogP contribution in [0.25, 0.3) is 0 Å². The summed E-state index contributed by atoms with van der Waals surface area (Å²) in [5.74, 6) is -0.491. The van der Waals surface area contributed by atoms with Gasteiger partial charge in [-0.15, -0.1) is 0 Å². The average Bonchev–Trinajstić information content (AvgIpc) is 2.50. The Morgan fingerprint density at radius 1 is 1.04 bits per heavy atom. The summed E-state index contributed by atoms with van der Waals surface area (Å²) in [5.41, 5.74) is 3.33. The number of carbonyl (C=O) groups excluding carboxylic acids is 1. The summed E-state index contributed by atoms with van der Waals surface area (Å²) in [5, 5.41) is 0. The highest BCUT2D eigenvalue weighted by Gasteiger charge is 2.18. The minimum Gasteiger partial charge on any atom is -0.465 e. The molecule has 0 aliphatic rings. The van der Waals surface area contributed by atoms with E-state index in [1.165, 1.54) is 13.2 Å². The van der Waals surface area contributed by atoms with Gasteiger partial charge < -0.3 is 8.92 Å². The first-order valence-electron chi connectivity index (χ1n) is 7.39. The van der Waals surface area contributed by atoms with Crippen LogP contribution in [0.3, 0.4) is 0 Å². The first-order valence-corrected chi connectivity index (χ1v) is 8.97. The van der Waals surface area contributed by atoms with E-state index in [-0.39, 0.29) is 5.75 Å². The van der Waals surface area contributed by atoms with E-state index in [0.717, 1.165) is 16.7 Å². The molecule has 0 amide bonds. The minimum atomic E-state index is -3.85. The van der Waals surface area contributed by atoms with Crippen LogP contribution >= 0.6 is 0 Å². The third-order valence-electron chi connectivity index (χ3n) is 3.51. The van der Waals surface area contributed by atoms with Crippen molar-refractivity contribution in [2.75, 3.05) is 7.11 Å². The van der Waals surface area contributed by atoms with Crippen molar-refractivity contribution in [2.45, 2.75) is 26.5 Å². The lowest BCUT2D eigenvalue weighted by Crippen LogP contribution is -2.14. The molecular weight excluding hydrogens is 328 g/mol. The largest absolute Gasteiger partial charge is 0.465 e. The Morgan fingerprint density at radius 3 is 2.25 bits per heavy atom. The van der Waals surface area contributed by atoms with Gasteiger partial charge in [0.2, 0.25) is 0 Å². The summed E-state index contributed by atoms with van der Waals surface area (Å²) in [7, 11) is -2.57. The zero-order valence-corrected chi connectivity index (χ0v) is 14.9. The smallest absolute Gasteiger partial charge is 0.337 e. The van der Waals surface area contributed by atoms with E-state index in [1.807, 2.05) is 32.9 Å². The molecule has 0 fully saturated rings. The van der Waals surface area contributed by atoms with E-state index in [2.05, 4.69) is 4.74 Å². The van der Waals surface area contributed by atoms with E-state index >= 15 is 0 Å². The molecule has 0 bridgehead atoms. The molecule has 0 spiro atoms. The SMILES string of the molecule is COC(=O)c1cccc(CS(=O)(=O)Oc2c(C)cc(C)cc2C)c1. The molecule has 2 rings (SSSR count). The van der Waals surface area contributed by atoms with Gasteiger partial charge in [-0.25, -0.2) is 4.79 Å². The maximum Gasteiger partial charge on any atom is 0.337 e. The molecule has 0 atom stereocenters.